The van der Waals surface area contributed by atoms with Crippen LogP contribution in [0.4, 0.5) is 5.82 Å². The third-order valence-electron chi connectivity index (χ3n) is 3.14. The molecule has 116 valence electrons. The summed E-state index contributed by atoms with van der Waals surface area (Å²) in [5, 5.41) is 0.324. The average Bonchev–Trinajstić information content (AvgIpc) is 2.55. The van der Waals surface area contributed by atoms with Crippen molar-refractivity contribution in [1.82, 2.24) is 4.98 Å². The van der Waals surface area contributed by atoms with Gasteiger partial charge in [0.1, 0.15) is 11.6 Å². The summed E-state index contributed by atoms with van der Waals surface area (Å²) in [5.41, 5.74) is 1.17. The lowest BCUT2D eigenvalue weighted by atomic mass is 10.2. The van der Waals surface area contributed by atoms with Crippen LogP contribution in [0.25, 0.3) is 0 Å². The summed E-state index contributed by atoms with van der Waals surface area (Å²) in [6.07, 6.45) is 0.915. The third-order valence-corrected chi connectivity index (χ3v) is 4.27. The summed E-state index contributed by atoms with van der Waals surface area (Å²) in [4.78, 5) is 6.03. The first kappa shape index (κ1) is 16.7. The lowest BCUT2D eigenvalue weighted by Gasteiger charge is -2.19. The SMILES string of the molecule is CCc1cc(OC(=S)N(C)c2cccc(OC)n2)ccc1Br. The van der Waals surface area contributed by atoms with Crippen molar-refractivity contribution >= 4 is 39.1 Å². The van der Waals surface area contributed by atoms with Crippen molar-refractivity contribution in [2.45, 2.75) is 13.3 Å². The van der Waals surface area contributed by atoms with Gasteiger partial charge in [0.2, 0.25) is 5.88 Å². The fourth-order valence-corrected chi connectivity index (χ4v) is 2.57. The van der Waals surface area contributed by atoms with Gasteiger partial charge < -0.3 is 9.47 Å². The molecule has 6 heteroatoms. The molecule has 2 aromatic rings. The summed E-state index contributed by atoms with van der Waals surface area (Å²) in [6.45, 7) is 2.09. The first-order valence-electron chi connectivity index (χ1n) is 6.80. The quantitative estimate of drug-likeness (QED) is 0.741. The zero-order valence-electron chi connectivity index (χ0n) is 12.7. The smallest absolute Gasteiger partial charge is 0.270 e. The molecule has 1 heterocycles. The molecule has 4 nitrogen and oxygen atoms in total. The second-order valence-corrected chi connectivity index (χ2v) is 5.78. The van der Waals surface area contributed by atoms with Gasteiger partial charge in [-0.15, -0.1) is 0 Å². The van der Waals surface area contributed by atoms with Crippen molar-refractivity contribution < 1.29 is 9.47 Å². The van der Waals surface area contributed by atoms with Crippen LogP contribution < -0.4 is 14.4 Å². The molecular weight excluding hydrogens is 364 g/mol. The molecule has 1 aromatic heterocycles. The molecule has 22 heavy (non-hydrogen) atoms. The lowest BCUT2D eigenvalue weighted by molar-refractivity contribution is 0.398. The second-order valence-electron chi connectivity index (χ2n) is 4.57. The molecule has 0 atom stereocenters. The van der Waals surface area contributed by atoms with Gasteiger partial charge in [0.15, 0.2) is 0 Å². The number of thiocarbonyl (C=S) groups is 1. The van der Waals surface area contributed by atoms with E-state index < -0.39 is 0 Å². The normalized spacial score (nSPS) is 10.2. The van der Waals surface area contributed by atoms with Crippen LogP contribution in [0.2, 0.25) is 0 Å². The Morgan fingerprint density at radius 3 is 2.77 bits per heavy atom. The molecule has 0 fully saturated rings. The van der Waals surface area contributed by atoms with Crippen LogP contribution in [0.1, 0.15) is 12.5 Å². The van der Waals surface area contributed by atoms with E-state index in [2.05, 4.69) is 27.8 Å². The highest BCUT2D eigenvalue weighted by Crippen LogP contribution is 2.24. The molecule has 0 amide bonds. The molecule has 1 aromatic carbocycles. The first-order chi connectivity index (χ1) is 10.5. The molecule has 0 aliphatic heterocycles. The number of aryl methyl sites for hydroxylation is 1. The maximum atomic E-state index is 5.76. The minimum atomic E-state index is 0.324. The molecule has 0 N–H and O–H groups in total. The van der Waals surface area contributed by atoms with Gasteiger partial charge in [0.05, 0.1) is 7.11 Å². The highest BCUT2D eigenvalue weighted by molar-refractivity contribution is 9.10. The van der Waals surface area contributed by atoms with E-state index >= 15 is 0 Å². The van der Waals surface area contributed by atoms with Gasteiger partial charge in [-0.1, -0.05) is 28.9 Å². The number of anilines is 1. The van der Waals surface area contributed by atoms with E-state index in [4.69, 9.17) is 21.7 Å². The van der Waals surface area contributed by atoms with Crippen molar-refractivity contribution in [3.8, 4) is 11.6 Å². The third kappa shape index (κ3) is 3.96. The van der Waals surface area contributed by atoms with Gasteiger partial charge in [0.25, 0.3) is 5.17 Å². The zero-order chi connectivity index (χ0) is 16.1. The van der Waals surface area contributed by atoms with Gasteiger partial charge >= 0.3 is 0 Å². The minimum Gasteiger partial charge on any atom is -0.481 e. The second kappa shape index (κ2) is 7.56. The molecule has 0 unspecified atom stereocenters. The number of halogens is 1. The van der Waals surface area contributed by atoms with Crippen LogP contribution in [0.15, 0.2) is 40.9 Å². The maximum Gasteiger partial charge on any atom is 0.270 e. The van der Waals surface area contributed by atoms with Crippen LogP contribution in [-0.4, -0.2) is 24.3 Å². The molecule has 0 radical (unpaired) electrons. The zero-order valence-corrected chi connectivity index (χ0v) is 15.1. The molecule has 0 spiro atoms. The number of aromatic nitrogens is 1. The maximum absolute atomic E-state index is 5.76. The minimum absolute atomic E-state index is 0.324. The van der Waals surface area contributed by atoms with Crippen LogP contribution in [0.5, 0.6) is 11.6 Å². The van der Waals surface area contributed by atoms with Gasteiger partial charge in [-0.05, 0) is 48.5 Å². The van der Waals surface area contributed by atoms with Crippen LogP contribution >= 0.6 is 28.1 Å². The number of ether oxygens (including phenoxy) is 2. The number of pyridine rings is 1. The molecule has 0 aliphatic carbocycles. The van der Waals surface area contributed by atoms with Crippen LogP contribution in [0, 0.1) is 0 Å². The van der Waals surface area contributed by atoms with E-state index in [0.717, 1.165) is 10.9 Å². The Balaban J connectivity index is 2.14. The van der Waals surface area contributed by atoms with Crippen molar-refractivity contribution in [3.63, 3.8) is 0 Å². The molecule has 0 aliphatic rings. The summed E-state index contributed by atoms with van der Waals surface area (Å²) in [5.74, 6) is 1.90. The Morgan fingerprint density at radius 1 is 1.32 bits per heavy atom. The van der Waals surface area contributed by atoms with E-state index in [-0.39, 0.29) is 0 Å². The number of hydrogen-bond donors (Lipinski definition) is 0. The van der Waals surface area contributed by atoms with Crippen molar-refractivity contribution in [2.75, 3.05) is 19.1 Å². The largest absolute Gasteiger partial charge is 0.481 e. The number of hydrogen-bond acceptors (Lipinski definition) is 4. The van der Waals surface area contributed by atoms with Gasteiger partial charge in [-0.25, -0.2) is 0 Å². The van der Waals surface area contributed by atoms with Crippen molar-refractivity contribution in [2.24, 2.45) is 0 Å². The molecule has 0 bridgehead atoms. The van der Waals surface area contributed by atoms with Gasteiger partial charge in [0, 0.05) is 17.6 Å². The standard InChI is InChI=1S/C16H17BrN2O2S/c1-4-11-10-12(8-9-13(11)17)21-16(22)19(2)14-6-5-7-15(18-14)20-3/h5-10H,4H2,1-3H3. The lowest BCUT2D eigenvalue weighted by Crippen LogP contribution is -2.29. The number of methoxy groups -OCH3 is 1. The summed E-state index contributed by atoms with van der Waals surface area (Å²) in [7, 11) is 3.39. The van der Waals surface area contributed by atoms with Gasteiger partial charge in [-0.3, -0.25) is 4.90 Å². The topological polar surface area (TPSA) is 34.6 Å². The van der Waals surface area contributed by atoms with E-state index in [1.54, 1.807) is 18.1 Å². The predicted molar refractivity (Wildman–Crippen MR) is 95.9 cm³/mol. The number of nitrogens with zero attached hydrogens (tertiary/aromatic N) is 2. The van der Waals surface area contributed by atoms with Crippen molar-refractivity contribution in [1.29, 1.82) is 0 Å². The number of benzene rings is 1. The monoisotopic (exact) mass is 380 g/mol. The van der Waals surface area contributed by atoms with E-state index in [1.807, 2.05) is 37.4 Å². The fraction of sp³-hybridized carbons (Fsp3) is 0.250. The van der Waals surface area contributed by atoms with Crippen molar-refractivity contribution in [3.05, 3.63) is 46.4 Å². The summed E-state index contributed by atoms with van der Waals surface area (Å²) >= 11 is 8.86. The summed E-state index contributed by atoms with van der Waals surface area (Å²) in [6, 6.07) is 11.3. The van der Waals surface area contributed by atoms with E-state index in [1.165, 1.54) is 5.56 Å². The predicted octanol–water partition coefficient (Wildman–Crippen LogP) is 4.22. The molecule has 0 saturated carbocycles. The Hall–Kier alpha value is -1.66. The Morgan fingerprint density at radius 2 is 2.09 bits per heavy atom. The molecule has 0 saturated heterocycles. The fourth-order valence-electron chi connectivity index (χ4n) is 1.85. The van der Waals surface area contributed by atoms with E-state index in [0.29, 0.717) is 22.6 Å². The summed E-state index contributed by atoms with van der Waals surface area (Å²) < 4.78 is 11.9. The van der Waals surface area contributed by atoms with Crippen LogP contribution in [0.3, 0.4) is 0 Å². The Labute approximate surface area is 144 Å². The highest BCUT2D eigenvalue weighted by atomic mass is 79.9. The van der Waals surface area contributed by atoms with E-state index in [9.17, 15) is 0 Å². The first-order valence-corrected chi connectivity index (χ1v) is 8.00. The Bertz CT molecular complexity index is 679. The average molecular weight is 381 g/mol. The Kier molecular flexibility index (Phi) is 5.74. The molecular formula is C16H17BrN2O2S. The van der Waals surface area contributed by atoms with Gasteiger partial charge in [-0.2, -0.15) is 4.98 Å². The number of rotatable bonds is 4. The van der Waals surface area contributed by atoms with Crippen LogP contribution in [-0.2, 0) is 6.42 Å². The molecule has 2 rings (SSSR count). The highest BCUT2D eigenvalue weighted by Gasteiger charge is 2.12.